The van der Waals surface area contributed by atoms with Gasteiger partial charge in [-0.1, -0.05) is 37.3 Å². The number of pyridine rings is 1. The van der Waals surface area contributed by atoms with Gasteiger partial charge >= 0.3 is 0 Å². The molecule has 0 saturated carbocycles. The van der Waals surface area contributed by atoms with E-state index in [0.717, 1.165) is 12.0 Å². The Morgan fingerprint density at radius 2 is 1.90 bits per heavy atom. The number of hydrogen-bond acceptors (Lipinski definition) is 3. The molecule has 154 valence electrons. The summed E-state index contributed by atoms with van der Waals surface area (Å²) < 4.78 is 13.8. The smallest absolute Gasteiger partial charge is 0.254 e. The number of nitrogens with two attached hydrogens (primary N) is 1. The highest BCUT2D eigenvalue weighted by molar-refractivity contribution is 6.07. The van der Waals surface area contributed by atoms with Crippen LogP contribution in [0.15, 0.2) is 54.6 Å². The van der Waals surface area contributed by atoms with Crippen LogP contribution in [-0.2, 0) is 0 Å². The van der Waals surface area contributed by atoms with Gasteiger partial charge < -0.3 is 10.6 Å². The molecule has 2 heterocycles. The van der Waals surface area contributed by atoms with Crippen molar-refractivity contribution >= 4 is 41.6 Å². The van der Waals surface area contributed by atoms with Crippen molar-refractivity contribution < 1.29 is 9.18 Å². The summed E-state index contributed by atoms with van der Waals surface area (Å²) in [5, 5.41) is 0.669. The first-order chi connectivity index (χ1) is 13.0. The molecule has 0 radical (unpaired) electrons. The summed E-state index contributed by atoms with van der Waals surface area (Å²) in [7, 11) is 0. The molecule has 1 unspecified atom stereocenters. The fourth-order valence-corrected chi connectivity index (χ4v) is 3.67. The molecule has 2 aromatic carbocycles. The van der Waals surface area contributed by atoms with Crippen LogP contribution >= 0.6 is 24.8 Å². The molecule has 29 heavy (non-hydrogen) atoms. The minimum atomic E-state index is -0.365. The molecule has 3 aromatic rings. The van der Waals surface area contributed by atoms with Crippen LogP contribution in [0.1, 0.15) is 23.7 Å². The standard InChI is InChI=1S/C22H22FN3O.2ClH/c1-22(13-24)9-10-26(14-22)21(27)18-12-19(15-5-3-2-4-6-15)25-20-11-16(23)7-8-17(18)20;;/h2-8,11-12H,9-10,13-14,24H2,1H3;2*1H. The normalized spacial score (nSPS) is 18.2. The van der Waals surface area contributed by atoms with Gasteiger partial charge in [-0.15, -0.1) is 24.8 Å². The minimum absolute atomic E-state index is 0. The zero-order chi connectivity index (χ0) is 19.0. The van der Waals surface area contributed by atoms with Crippen LogP contribution in [0, 0.1) is 11.2 Å². The molecule has 0 aliphatic carbocycles. The summed E-state index contributed by atoms with van der Waals surface area (Å²) in [5.74, 6) is -0.418. The van der Waals surface area contributed by atoms with E-state index in [1.807, 2.05) is 41.3 Å². The Balaban J connectivity index is 0.00000150. The third-order valence-electron chi connectivity index (χ3n) is 5.41. The highest BCUT2D eigenvalue weighted by Gasteiger charge is 2.35. The summed E-state index contributed by atoms with van der Waals surface area (Å²) in [5.41, 5.74) is 8.44. The van der Waals surface area contributed by atoms with Crippen LogP contribution in [0.5, 0.6) is 0 Å². The molecular formula is C22H24Cl2FN3O. The van der Waals surface area contributed by atoms with E-state index in [9.17, 15) is 9.18 Å². The third-order valence-corrected chi connectivity index (χ3v) is 5.41. The number of likely N-dealkylation sites (tertiary alicyclic amines) is 1. The van der Waals surface area contributed by atoms with E-state index in [0.29, 0.717) is 41.8 Å². The Labute approximate surface area is 182 Å². The number of aromatic nitrogens is 1. The first-order valence-corrected chi connectivity index (χ1v) is 9.14. The zero-order valence-corrected chi connectivity index (χ0v) is 17.7. The summed E-state index contributed by atoms with van der Waals surface area (Å²) in [6.45, 7) is 3.97. The van der Waals surface area contributed by atoms with Crippen molar-refractivity contribution in [3.05, 3.63) is 66.0 Å². The van der Waals surface area contributed by atoms with Gasteiger partial charge in [0.25, 0.3) is 5.91 Å². The molecule has 1 aromatic heterocycles. The fourth-order valence-electron chi connectivity index (χ4n) is 3.67. The largest absolute Gasteiger partial charge is 0.338 e. The Bertz CT molecular complexity index is 1020. The van der Waals surface area contributed by atoms with Crippen LogP contribution in [0.3, 0.4) is 0 Å². The average molecular weight is 436 g/mol. The molecule has 4 nitrogen and oxygen atoms in total. The molecule has 0 spiro atoms. The minimum Gasteiger partial charge on any atom is -0.338 e. The number of rotatable bonds is 3. The van der Waals surface area contributed by atoms with E-state index in [1.165, 1.54) is 12.1 Å². The maximum atomic E-state index is 13.8. The van der Waals surface area contributed by atoms with Gasteiger partial charge in [0, 0.05) is 30.1 Å². The molecule has 1 atom stereocenters. The van der Waals surface area contributed by atoms with Gasteiger partial charge in [-0.25, -0.2) is 9.37 Å². The van der Waals surface area contributed by atoms with E-state index >= 15 is 0 Å². The van der Waals surface area contributed by atoms with E-state index in [4.69, 9.17) is 5.73 Å². The lowest BCUT2D eigenvalue weighted by atomic mass is 9.90. The molecule has 1 aliphatic rings. The van der Waals surface area contributed by atoms with Gasteiger partial charge in [-0.05, 0) is 36.6 Å². The molecule has 1 amide bonds. The summed E-state index contributed by atoms with van der Waals surface area (Å²) >= 11 is 0. The zero-order valence-electron chi connectivity index (χ0n) is 16.1. The highest BCUT2D eigenvalue weighted by Crippen LogP contribution is 2.32. The quantitative estimate of drug-likeness (QED) is 0.648. The molecule has 1 aliphatic heterocycles. The molecule has 4 rings (SSSR count). The molecule has 1 fully saturated rings. The average Bonchev–Trinajstić information content (AvgIpc) is 3.10. The number of amides is 1. The Morgan fingerprint density at radius 1 is 1.17 bits per heavy atom. The first-order valence-electron chi connectivity index (χ1n) is 9.14. The van der Waals surface area contributed by atoms with E-state index in [1.54, 1.807) is 6.07 Å². The Hall–Kier alpha value is -2.21. The molecule has 7 heteroatoms. The van der Waals surface area contributed by atoms with Crippen LogP contribution in [0.4, 0.5) is 4.39 Å². The molecular weight excluding hydrogens is 412 g/mol. The number of carbonyl (C=O) groups is 1. The van der Waals surface area contributed by atoms with Crippen LogP contribution in [-0.4, -0.2) is 35.4 Å². The number of benzene rings is 2. The highest BCUT2D eigenvalue weighted by atomic mass is 35.5. The maximum absolute atomic E-state index is 13.8. The van der Waals surface area contributed by atoms with E-state index < -0.39 is 0 Å². The lowest BCUT2D eigenvalue weighted by molar-refractivity contribution is 0.0779. The van der Waals surface area contributed by atoms with Crippen molar-refractivity contribution in [2.45, 2.75) is 13.3 Å². The number of hydrogen-bond donors (Lipinski definition) is 1. The summed E-state index contributed by atoms with van der Waals surface area (Å²) in [6, 6.07) is 15.8. The van der Waals surface area contributed by atoms with Gasteiger partial charge in [-0.2, -0.15) is 0 Å². The Kier molecular flexibility index (Phi) is 7.22. The second kappa shape index (κ2) is 9.08. The SMILES string of the molecule is CC1(CN)CCN(C(=O)c2cc(-c3ccccc3)nc3cc(F)ccc23)C1.Cl.Cl. The van der Waals surface area contributed by atoms with Crippen LogP contribution in [0.25, 0.3) is 22.2 Å². The van der Waals surface area contributed by atoms with Crippen molar-refractivity contribution in [2.75, 3.05) is 19.6 Å². The lowest BCUT2D eigenvalue weighted by Crippen LogP contribution is -2.34. The third kappa shape index (κ3) is 4.53. The first kappa shape index (κ1) is 23.1. The van der Waals surface area contributed by atoms with E-state index in [-0.39, 0.29) is 42.0 Å². The maximum Gasteiger partial charge on any atom is 0.254 e. The molecule has 0 bridgehead atoms. The topological polar surface area (TPSA) is 59.2 Å². The number of halogens is 3. The van der Waals surface area contributed by atoms with Gasteiger partial charge in [0.05, 0.1) is 16.8 Å². The number of fused-ring (bicyclic) bond motifs is 1. The monoisotopic (exact) mass is 435 g/mol. The van der Waals surface area contributed by atoms with Crippen molar-refractivity contribution in [1.82, 2.24) is 9.88 Å². The fraction of sp³-hybridized carbons (Fsp3) is 0.273. The summed E-state index contributed by atoms with van der Waals surface area (Å²) in [6.07, 6.45) is 0.887. The number of carbonyl (C=O) groups excluding carboxylic acids is 1. The van der Waals surface area contributed by atoms with Crippen molar-refractivity contribution in [2.24, 2.45) is 11.1 Å². The van der Waals surface area contributed by atoms with Crippen LogP contribution in [0.2, 0.25) is 0 Å². The molecule has 2 N–H and O–H groups in total. The lowest BCUT2D eigenvalue weighted by Gasteiger charge is -2.23. The van der Waals surface area contributed by atoms with Gasteiger partial charge in [0.1, 0.15) is 5.82 Å². The van der Waals surface area contributed by atoms with Gasteiger partial charge in [0.15, 0.2) is 0 Å². The Morgan fingerprint density at radius 3 is 2.55 bits per heavy atom. The van der Waals surface area contributed by atoms with Crippen molar-refractivity contribution in [1.29, 1.82) is 0 Å². The molecule has 1 saturated heterocycles. The number of nitrogens with zero attached hydrogens (tertiary/aromatic N) is 2. The van der Waals surface area contributed by atoms with Crippen LogP contribution < -0.4 is 5.73 Å². The second-order valence-electron chi connectivity index (χ2n) is 7.57. The van der Waals surface area contributed by atoms with Gasteiger partial charge in [0.2, 0.25) is 0 Å². The second-order valence-corrected chi connectivity index (χ2v) is 7.57. The predicted octanol–water partition coefficient (Wildman–Crippen LogP) is 4.70. The van der Waals surface area contributed by atoms with Crippen molar-refractivity contribution in [3.63, 3.8) is 0 Å². The van der Waals surface area contributed by atoms with Crippen molar-refractivity contribution in [3.8, 4) is 11.3 Å². The predicted molar refractivity (Wildman–Crippen MR) is 119 cm³/mol. The van der Waals surface area contributed by atoms with Gasteiger partial charge in [-0.3, -0.25) is 4.79 Å². The summed E-state index contributed by atoms with van der Waals surface area (Å²) in [4.78, 5) is 19.7. The van der Waals surface area contributed by atoms with E-state index in [2.05, 4.69) is 11.9 Å².